The number of ketones is 1. The normalized spacial score (nSPS) is 16.5. The fraction of sp³-hybridized carbons (Fsp3) is 0.233. The van der Waals surface area contributed by atoms with Gasteiger partial charge in [-0.05, 0) is 66.6 Å². The van der Waals surface area contributed by atoms with Crippen LogP contribution in [0.3, 0.4) is 0 Å². The SMILES string of the molecule is CCCCOc1ccc(C2/C(=C(\O)c3ccc(F)cc3)C(=O)C(=O)N2c2nc3ccc(OC)cc3s2)cc1OC. The lowest BCUT2D eigenvalue weighted by atomic mass is 9.95. The molecule has 2 heterocycles. The quantitative estimate of drug-likeness (QED) is 0.111. The van der Waals surface area contributed by atoms with Gasteiger partial charge in [-0.2, -0.15) is 0 Å². The topological polar surface area (TPSA) is 98.2 Å². The molecule has 1 amide bonds. The van der Waals surface area contributed by atoms with Gasteiger partial charge in [0.15, 0.2) is 16.6 Å². The number of aliphatic hydroxyl groups excluding tert-OH is 1. The van der Waals surface area contributed by atoms with Crippen LogP contribution in [0.1, 0.15) is 36.9 Å². The molecule has 1 aliphatic rings. The van der Waals surface area contributed by atoms with Gasteiger partial charge in [-0.15, -0.1) is 0 Å². The van der Waals surface area contributed by atoms with E-state index in [1.54, 1.807) is 43.5 Å². The lowest BCUT2D eigenvalue weighted by molar-refractivity contribution is -0.132. The van der Waals surface area contributed by atoms with Gasteiger partial charge >= 0.3 is 5.91 Å². The fourth-order valence-corrected chi connectivity index (χ4v) is 5.55. The number of halogens is 1. The highest BCUT2D eigenvalue weighted by Gasteiger charge is 2.48. The summed E-state index contributed by atoms with van der Waals surface area (Å²) in [6.07, 6.45) is 1.83. The Kier molecular flexibility index (Phi) is 7.70. The van der Waals surface area contributed by atoms with Crippen molar-refractivity contribution in [3.63, 3.8) is 0 Å². The number of rotatable bonds is 9. The Morgan fingerprint density at radius 2 is 1.80 bits per heavy atom. The highest BCUT2D eigenvalue weighted by Crippen LogP contribution is 2.46. The monoisotopic (exact) mass is 562 g/mol. The molecule has 40 heavy (non-hydrogen) atoms. The first-order valence-corrected chi connectivity index (χ1v) is 13.5. The predicted molar refractivity (Wildman–Crippen MR) is 151 cm³/mol. The molecule has 1 aromatic heterocycles. The number of nitrogens with zero attached hydrogens (tertiary/aromatic N) is 2. The van der Waals surface area contributed by atoms with Crippen LogP contribution in [0.5, 0.6) is 17.2 Å². The number of unbranched alkanes of at least 4 members (excludes halogenated alkanes) is 1. The van der Waals surface area contributed by atoms with Crippen LogP contribution >= 0.6 is 11.3 Å². The molecular weight excluding hydrogens is 535 g/mol. The van der Waals surface area contributed by atoms with Crippen molar-refractivity contribution in [1.82, 2.24) is 4.98 Å². The van der Waals surface area contributed by atoms with E-state index in [0.717, 1.165) is 17.5 Å². The first kappa shape index (κ1) is 27.1. The maximum absolute atomic E-state index is 13.6. The minimum Gasteiger partial charge on any atom is -0.507 e. The van der Waals surface area contributed by atoms with Crippen LogP contribution in [-0.2, 0) is 9.59 Å². The molecule has 5 rings (SSSR count). The minimum absolute atomic E-state index is 0.143. The highest BCUT2D eigenvalue weighted by atomic mass is 32.1. The summed E-state index contributed by atoms with van der Waals surface area (Å²) >= 11 is 1.22. The third-order valence-electron chi connectivity index (χ3n) is 6.61. The van der Waals surface area contributed by atoms with Gasteiger partial charge < -0.3 is 19.3 Å². The van der Waals surface area contributed by atoms with Crippen molar-refractivity contribution in [2.24, 2.45) is 0 Å². The third-order valence-corrected chi connectivity index (χ3v) is 7.63. The van der Waals surface area contributed by atoms with Gasteiger partial charge in [-0.1, -0.05) is 30.7 Å². The van der Waals surface area contributed by atoms with Gasteiger partial charge in [0, 0.05) is 5.56 Å². The zero-order valence-corrected chi connectivity index (χ0v) is 23.0. The van der Waals surface area contributed by atoms with Crippen molar-refractivity contribution in [3.8, 4) is 17.2 Å². The van der Waals surface area contributed by atoms with E-state index in [1.165, 1.54) is 47.6 Å². The van der Waals surface area contributed by atoms with E-state index in [9.17, 15) is 19.1 Å². The maximum Gasteiger partial charge on any atom is 0.301 e. The lowest BCUT2D eigenvalue weighted by Gasteiger charge is -2.24. The summed E-state index contributed by atoms with van der Waals surface area (Å²) in [5, 5.41) is 11.6. The molecule has 3 aromatic carbocycles. The Morgan fingerprint density at radius 1 is 1.02 bits per heavy atom. The van der Waals surface area contributed by atoms with Crippen LogP contribution in [0.4, 0.5) is 9.52 Å². The molecule has 4 aromatic rings. The van der Waals surface area contributed by atoms with E-state index >= 15 is 0 Å². The van der Waals surface area contributed by atoms with Gasteiger partial charge in [0.05, 0.1) is 42.7 Å². The van der Waals surface area contributed by atoms with Crippen molar-refractivity contribution in [2.45, 2.75) is 25.8 Å². The Balaban J connectivity index is 1.68. The predicted octanol–water partition coefficient (Wildman–Crippen LogP) is 6.26. The smallest absolute Gasteiger partial charge is 0.301 e. The molecule has 1 atom stereocenters. The Labute approximate surface area is 234 Å². The molecule has 1 unspecified atom stereocenters. The second-order valence-corrected chi connectivity index (χ2v) is 10.1. The van der Waals surface area contributed by atoms with Gasteiger partial charge in [0.25, 0.3) is 5.78 Å². The standard InChI is InChI=1S/C30H27FN2O6S/c1-4-5-14-39-22-13-8-18(15-23(22)38-3)26-25(27(34)17-6-9-19(31)10-7-17)28(35)29(36)33(26)30-32-21-12-11-20(37-2)16-24(21)40-30/h6-13,15-16,26,34H,4-5,14H2,1-3H3/b27-25+. The first-order valence-electron chi connectivity index (χ1n) is 12.7. The molecule has 10 heteroatoms. The van der Waals surface area contributed by atoms with Gasteiger partial charge in [-0.3, -0.25) is 14.5 Å². The molecule has 0 aliphatic carbocycles. The zero-order chi connectivity index (χ0) is 28.4. The number of ether oxygens (including phenoxy) is 3. The molecule has 1 fully saturated rings. The number of hydrogen-bond acceptors (Lipinski definition) is 8. The number of amides is 1. The minimum atomic E-state index is -1.04. The average molecular weight is 563 g/mol. The fourth-order valence-electron chi connectivity index (χ4n) is 4.53. The van der Waals surface area contributed by atoms with E-state index in [0.29, 0.717) is 34.9 Å². The number of aliphatic hydroxyl groups is 1. The van der Waals surface area contributed by atoms with Crippen molar-refractivity contribution in [1.29, 1.82) is 0 Å². The molecule has 8 nitrogen and oxygen atoms in total. The Bertz CT molecular complexity index is 1610. The number of carbonyl (C=O) groups excluding carboxylic acids is 2. The van der Waals surface area contributed by atoms with Crippen molar-refractivity contribution >= 4 is 44.1 Å². The van der Waals surface area contributed by atoms with E-state index in [4.69, 9.17) is 14.2 Å². The number of aromatic nitrogens is 1. The molecule has 1 saturated heterocycles. The first-order chi connectivity index (χ1) is 19.4. The van der Waals surface area contributed by atoms with E-state index in [-0.39, 0.29) is 16.3 Å². The third kappa shape index (κ3) is 4.98. The molecule has 206 valence electrons. The van der Waals surface area contributed by atoms with Gasteiger partial charge in [-0.25, -0.2) is 9.37 Å². The number of benzene rings is 3. The summed E-state index contributed by atoms with van der Waals surface area (Å²) in [6.45, 7) is 2.57. The van der Waals surface area contributed by atoms with Crippen molar-refractivity contribution < 1.29 is 33.3 Å². The summed E-state index contributed by atoms with van der Waals surface area (Å²) in [6, 6.07) is 14.5. The van der Waals surface area contributed by atoms with Crippen LogP contribution < -0.4 is 19.1 Å². The van der Waals surface area contributed by atoms with E-state index in [1.807, 2.05) is 0 Å². The molecule has 0 radical (unpaired) electrons. The average Bonchev–Trinajstić information content (AvgIpc) is 3.50. The van der Waals surface area contributed by atoms with Gasteiger partial charge in [0.2, 0.25) is 0 Å². The van der Waals surface area contributed by atoms with E-state index < -0.39 is 29.3 Å². The summed E-state index contributed by atoms with van der Waals surface area (Å²) in [5.74, 6) is -1.09. The van der Waals surface area contributed by atoms with E-state index in [2.05, 4.69) is 11.9 Å². The lowest BCUT2D eigenvalue weighted by Crippen LogP contribution is -2.29. The second kappa shape index (κ2) is 11.4. The van der Waals surface area contributed by atoms with Crippen molar-refractivity contribution in [3.05, 3.63) is 83.2 Å². The number of anilines is 1. The van der Waals surface area contributed by atoms with Crippen LogP contribution in [0, 0.1) is 5.82 Å². The van der Waals surface area contributed by atoms with Crippen LogP contribution in [0.15, 0.2) is 66.2 Å². The molecule has 0 bridgehead atoms. The summed E-state index contributed by atoms with van der Waals surface area (Å²) in [7, 11) is 3.06. The van der Waals surface area contributed by atoms with Crippen LogP contribution in [-0.4, -0.2) is 42.6 Å². The Hall–Kier alpha value is -4.44. The number of Topliss-reactive ketones (excluding diaryl/α,β-unsaturated/α-hetero) is 1. The summed E-state index contributed by atoms with van der Waals surface area (Å²) in [4.78, 5) is 32.9. The highest BCUT2D eigenvalue weighted by molar-refractivity contribution is 7.22. The number of carbonyl (C=O) groups is 2. The number of thiazole rings is 1. The van der Waals surface area contributed by atoms with Gasteiger partial charge in [0.1, 0.15) is 17.3 Å². The Morgan fingerprint density at radius 3 is 2.50 bits per heavy atom. The van der Waals surface area contributed by atoms with Crippen molar-refractivity contribution in [2.75, 3.05) is 25.7 Å². The summed E-state index contributed by atoms with van der Waals surface area (Å²) < 4.78 is 31.1. The molecule has 0 spiro atoms. The second-order valence-electron chi connectivity index (χ2n) is 9.12. The maximum atomic E-state index is 13.6. The van der Waals surface area contributed by atoms with Crippen LogP contribution in [0.25, 0.3) is 16.0 Å². The zero-order valence-electron chi connectivity index (χ0n) is 22.1. The number of hydrogen-bond donors (Lipinski definition) is 1. The molecular formula is C30H27FN2O6S. The molecule has 0 saturated carbocycles. The molecule has 1 aliphatic heterocycles. The largest absolute Gasteiger partial charge is 0.507 e. The molecule has 1 N–H and O–H groups in total. The number of methoxy groups -OCH3 is 2. The number of fused-ring (bicyclic) bond motifs is 1. The van der Waals surface area contributed by atoms with Crippen LogP contribution in [0.2, 0.25) is 0 Å². The summed E-state index contributed by atoms with van der Waals surface area (Å²) in [5.41, 5.74) is 1.18.